The minimum Gasteiger partial charge on any atom is -0.329 e. The average molecular weight is 374 g/mol. The Kier molecular flexibility index (Phi) is 5.53. The number of aryl methyl sites for hydroxylation is 1. The molecular formula is C23H26N4O. The summed E-state index contributed by atoms with van der Waals surface area (Å²) >= 11 is 0. The van der Waals surface area contributed by atoms with Gasteiger partial charge in [0.15, 0.2) is 0 Å². The summed E-state index contributed by atoms with van der Waals surface area (Å²) in [5.74, 6) is 0.0942. The molecule has 0 bridgehead atoms. The summed E-state index contributed by atoms with van der Waals surface area (Å²) in [5.41, 5.74) is 4.37. The Balaban J connectivity index is 1.51. The van der Waals surface area contributed by atoms with Gasteiger partial charge in [0.1, 0.15) is 0 Å². The molecule has 1 saturated heterocycles. The van der Waals surface area contributed by atoms with Crippen LogP contribution >= 0.6 is 0 Å². The number of hydrogen-bond acceptors (Lipinski definition) is 3. The van der Waals surface area contributed by atoms with Gasteiger partial charge in [0, 0.05) is 37.6 Å². The van der Waals surface area contributed by atoms with Gasteiger partial charge in [0.2, 0.25) is 0 Å². The van der Waals surface area contributed by atoms with Crippen LogP contribution in [0.4, 0.5) is 0 Å². The molecule has 1 unspecified atom stereocenters. The maximum absolute atomic E-state index is 13.2. The Morgan fingerprint density at radius 1 is 1.11 bits per heavy atom. The van der Waals surface area contributed by atoms with E-state index in [1.165, 1.54) is 11.1 Å². The molecule has 0 radical (unpaired) electrons. The smallest absolute Gasteiger partial charge is 0.254 e. The Morgan fingerprint density at radius 2 is 1.86 bits per heavy atom. The van der Waals surface area contributed by atoms with E-state index in [2.05, 4.69) is 41.6 Å². The summed E-state index contributed by atoms with van der Waals surface area (Å²) in [6.45, 7) is 5.19. The molecule has 1 N–H and O–H groups in total. The lowest BCUT2D eigenvalue weighted by Crippen LogP contribution is -2.48. The van der Waals surface area contributed by atoms with E-state index >= 15 is 0 Å². The van der Waals surface area contributed by atoms with Crippen molar-refractivity contribution in [1.82, 2.24) is 20.0 Å². The summed E-state index contributed by atoms with van der Waals surface area (Å²) in [6, 6.07) is 18.5. The molecule has 3 aromatic rings. The second-order valence-electron chi connectivity index (χ2n) is 7.21. The van der Waals surface area contributed by atoms with Crippen molar-refractivity contribution in [2.24, 2.45) is 0 Å². The van der Waals surface area contributed by atoms with Gasteiger partial charge in [-0.2, -0.15) is 5.10 Å². The molecule has 1 atom stereocenters. The topological polar surface area (TPSA) is 50.2 Å². The number of aromatic nitrogens is 2. The third-order valence-corrected chi connectivity index (χ3v) is 5.38. The highest BCUT2D eigenvalue weighted by atomic mass is 16.2. The maximum atomic E-state index is 13.2. The van der Waals surface area contributed by atoms with Crippen LogP contribution < -0.4 is 5.32 Å². The molecule has 1 fully saturated rings. The molecule has 1 aromatic heterocycles. The highest BCUT2D eigenvalue weighted by molar-refractivity contribution is 5.94. The number of piperazine rings is 1. The van der Waals surface area contributed by atoms with Gasteiger partial charge in [-0.05, 0) is 41.3 Å². The van der Waals surface area contributed by atoms with Crippen LogP contribution in [0.1, 0.15) is 40.0 Å². The molecule has 2 aromatic carbocycles. The standard InChI is InChI=1S/C23H26N4O/c1-2-18-4-8-20(9-5-18)22-16-24-13-15-27(22)23(28)21-10-6-19(7-11-21)17-26-14-3-12-25-26/h3-12,14,22,24H,2,13,15-17H2,1H3. The van der Waals surface area contributed by atoms with Gasteiger partial charge in [0.05, 0.1) is 12.6 Å². The Hall–Kier alpha value is -2.92. The van der Waals surface area contributed by atoms with Crippen molar-refractivity contribution >= 4 is 5.91 Å². The fourth-order valence-electron chi connectivity index (χ4n) is 3.72. The molecule has 28 heavy (non-hydrogen) atoms. The van der Waals surface area contributed by atoms with Crippen molar-refractivity contribution in [3.63, 3.8) is 0 Å². The van der Waals surface area contributed by atoms with Crippen molar-refractivity contribution in [2.75, 3.05) is 19.6 Å². The van der Waals surface area contributed by atoms with Gasteiger partial charge in [-0.25, -0.2) is 0 Å². The summed E-state index contributed by atoms with van der Waals surface area (Å²) in [7, 11) is 0. The van der Waals surface area contributed by atoms with Crippen LogP contribution in [0.5, 0.6) is 0 Å². The van der Waals surface area contributed by atoms with Crippen LogP contribution in [0.3, 0.4) is 0 Å². The number of nitrogens with zero attached hydrogens (tertiary/aromatic N) is 3. The Bertz CT molecular complexity index is 901. The Morgan fingerprint density at radius 3 is 2.54 bits per heavy atom. The quantitative estimate of drug-likeness (QED) is 0.746. The van der Waals surface area contributed by atoms with Crippen molar-refractivity contribution in [1.29, 1.82) is 0 Å². The van der Waals surface area contributed by atoms with E-state index in [9.17, 15) is 4.79 Å². The highest BCUT2D eigenvalue weighted by Crippen LogP contribution is 2.25. The van der Waals surface area contributed by atoms with Gasteiger partial charge >= 0.3 is 0 Å². The SMILES string of the molecule is CCc1ccc(C2CNCCN2C(=O)c2ccc(Cn3cccn3)cc2)cc1. The van der Waals surface area contributed by atoms with E-state index < -0.39 is 0 Å². The first-order chi connectivity index (χ1) is 13.7. The zero-order valence-corrected chi connectivity index (χ0v) is 16.2. The monoisotopic (exact) mass is 374 g/mol. The normalized spacial score (nSPS) is 16.9. The van der Waals surface area contributed by atoms with Crippen molar-refractivity contribution in [3.8, 4) is 0 Å². The summed E-state index contributed by atoms with van der Waals surface area (Å²) in [6.07, 6.45) is 4.74. The predicted molar refractivity (Wildman–Crippen MR) is 110 cm³/mol. The lowest BCUT2D eigenvalue weighted by atomic mass is 9.99. The molecule has 0 aliphatic carbocycles. The number of benzene rings is 2. The van der Waals surface area contributed by atoms with Crippen LogP contribution in [-0.2, 0) is 13.0 Å². The zero-order valence-electron chi connectivity index (χ0n) is 16.2. The first-order valence-electron chi connectivity index (χ1n) is 9.91. The highest BCUT2D eigenvalue weighted by Gasteiger charge is 2.28. The van der Waals surface area contributed by atoms with Gasteiger partial charge in [0.25, 0.3) is 5.91 Å². The molecule has 1 aliphatic rings. The lowest BCUT2D eigenvalue weighted by Gasteiger charge is -2.36. The van der Waals surface area contributed by atoms with E-state index in [4.69, 9.17) is 0 Å². The van der Waals surface area contributed by atoms with Gasteiger partial charge in [-0.1, -0.05) is 43.3 Å². The third kappa shape index (κ3) is 3.99. The molecule has 1 amide bonds. The molecule has 2 heterocycles. The van der Waals surface area contributed by atoms with E-state index in [0.717, 1.165) is 30.6 Å². The fourth-order valence-corrected chi connectivity index (χ4v) is 3.72. The van der Waals surface area contributed by atoms with Crippen molar-refractivity contribution in [3.05, 3.63) is 89.2 Å². The second kappa shape index (κ2) is 8.40. The van der Waals surface area contributed by atoms with E-state index in [0.29, 0.717) is 13.1 Å². The van der Waals surface area contributed by atoms with E-state index in [-0.39, 0.29) is 11.9 Å². The van der Waals surface area contributed by atoms with Crippen molar-refractivity contribution in [2.45, 2.75) is 25.9 Å². The third-order valence-electron chi connectivity index (χ3n) is 5.38. The Labute approximate surface area is 166 Å². The van der Waals surface area contributed by atoms with Crippen LogP contribution in [0.25, 0.3) is 0 Å². The molecule has 4 rings (SSSR count). The minimum absolute atomic E-state index is 0.0657. The molecule has 1 aliphatic heterocycles. The molecule has 0 spiro atoms. The maximum Gasteiger partial charge on any atom is 0.254 e. The van der Waals surface area contributed by atoms with E-state index in [1.807, 2.05) is 46.1 Å². The van der Waals surface area contributed by atoms with Crippen LogP contribution in [0.15, 0.2) is 67.0 Å². The first-order valence-corrected chi connectivity index (χ1v) is 9.91. The van der Waals surface area contributed by atoms with Crippen LogP contribution in [0.2, 0.25) is 0 Å². The molecule has 144 valence electrons. The molecular weight excluding hydrogens is 348 g/mol. The largest absolute Gasteiger partial charge is 0.329 e. The number of rotatable bonds is 5. The molecule has 0 saturated carbocycles. The number of carbonyl (C=O) groups is 1. The van der Waals surface area contributed by atoms with Gasteiger partial charge in [-0.3, -0.25) is 9.48 Å². The van der Waals surface area contributed by atoms with Crippen LogP contribution in [0, 0.1) is 0 Å². The first kappa shape index (κ1) is 18.4. The number of amides is 1. The average Bonchev–Trinajstić information content (AvgIpc) is 3.27. The number of nitrogens with one attached hydrogen (secondary N) is 1. The van der Waals surface area contributed by atoms with Gasteiger partial charge < -0.3 is 10.2 Å². The van der Waals surface area contributed by atoms with Crippen molar-refractivity contribution < 1.29 is 4.79 Å². The van der Waals surface area contributed by atoms with Crippen LogP contribution in [-0.4, -0.2) is 40.2 Å². The minimum atomic E-state index is 0.0657. The summed E-state index contributed by atoms with van der Waals surface area (Å²) < 4.78 is 1.88. The van der Waals surface area contributed by atoms with E-state index in [1.54, 1.807) is 6.20 Å². The predicted octanol–water partition coefficient (Wildman–Crippen LogP) is 3.28. The lowest BCUT2D eigenvalue weighted by molar-refractivity contribution is 0.0634. The second-order valence-corrected chi connectivity index (χ2v) is 7.21. The number of carbonyl (C=O) groups excluding carboxylic acids is 1. The summed E-state index contributed by atoms with van der Waals surface area (Å²) in [4.78, 5) is 15.2. The zero-order chi connectivity index (χ0) is 19.3. The number of hydrogen-bond donors (Lipinski definition) is 1. The molecule has 5 nitrogen and oxygen atoms in total. The van der Waals surface area contributed by atoms with Gasteiger partial charge in [-0.15, -0.1) is 0 Å². The molecule has 5 heteroatoms. The summed E-state index contributed by atoms with van der Waals surface area (Å²) in [5, 5.41) is 7.66. The fraction of sp³-hybridized carbons (Fsp3) is 0.304.